The van der Waals surface area contributed by atoms with Gasteiger partial charge in [-0.25, -0.2) is 9.69 Å². The van der Waals surface area contributed by atoms with Gasteiger partial charge in [0.25, 0.3) is 5.91 Å². The van der Waals surface area contributed by atoms with E-state index in [2.05, 4.69) is 10.5 Å². The van der Waals surface area contributed by atoms with Crippen molar-refractivity contribution in [3.05, 3.63) is 50.4 Å². The molecule has 0 saturated carbocycles. The number of carbonyl (C=O) groups excluding carboxylic acids is 1. The van der Waals surface area contributed by atoms with Crippen LogP contribution in [0.2, 0.25) is 10.0 Å². The maximum Gasteiger partial charge on any atom is 0.275 e. The number of fused-ring (bicyclic) bond motifs is 1. The van der Waals surface area contributed by atoms with E-state index in [1.54, 1.807) is 31.2 Å². The van der Waals surface area contributed by atoms with Crippen LogP contribution < -0.4 is 5.43 Å². The first kappa shape index (κ1) is 17.2. The number of hydrogen-bond acceptors (Lipinski definition) is 4. The number of nitrogens with one attached hydrogen (secondary N) is 1. The average molecular weight is 383 g/mol. The number of hydrogen-bond donors (Lipinski definition) is 1. The molecule has 3 aromatic rings. The van der Waals surface area contributed by atoms with Crippen LogP contribution in [0, 0.1) is 6.92 Å². The zero-order valence-corrected chi connectivity index (χ0v) is 15.8. The van der Waals surface area contributed by atoms with Gasteiger partial charge < -0.3 is 0 Å². The third kappa shape index (κ3) is 3.28. The highest BCUT2D eigenvalue weighted by atomic mass is 35.5. The fourth-order valence-corrected chi connectivity index (χ4v) is 3.99. The first-order valence-corrected chi connectivity index (χ1v) is 8.82. The first-order chi connectivity index (χ1) is 11.4. The monoisotopic (exact) mass is 382 g/mol. The number of thiophene rings is 1. The molecule has 0 fully saturated rings. The second kappa shape index (κ2) is 6.72. The Labute approximate surface area is 153 Å². The molecule has 0 aliphatic heterocycles. The fraction of sp³-hybridized carbons (Fsp3) is 0.250. The van der Waals surface area contributed by atoms with Crippen LogP contribution >= 0.6 is 34.5 Å². The Morgan fingerprint density at radius 1 is 1.33 bits per heavy atom. The van der Waals surface area contributed by atoms with Crippen molar-refractivity contribution in [2.24, 2.45) is 0 Å². The summed E-state index contributed by atoms with van der Waals surface area (Å²) < 4.78 is 1.84. The molecule has 24 heavy (non-hydrogen) atoms. The van der Waals surface area contributed by atoms with Gasteiger partial charge in [0.1, 0.15) is 4.83 Å². The number of benzene rings is 1. The van der Waals surface area contributed by atoms with Gasteiger partial charge in [-0.15, -0.1) is 11.3 Å². The van der Waals surface area contributed by atoms with Crippen molar-refractivity contribution in [1.29, 1.82) is 0 Å². The number of halogens is 2. The molecule has 0 spiro atoms. The van der Waals surface area contributed by atoms with Crippen LogP contribution in [0.4, 0.5) is 0 Å². The van der Waals surface area contributed by atoms with Crippen molar-refractivity contribution >= 4 is 50.7 Å². The summed E-state index contributed by atoms with van der Waals surface area (Å²) in [7, 11) is 3.55. The topological polar surface area (TPSA) is 50.2 Å². The third-order valence-corrected chi connectivity index (χ3v) is 5.38. The van der Waals surface area contributed by atoms with Crippen LogP contribution in [-0.4, -0.2) is 34.8 Å². The van der Waals surface area contributed by atoms with Crippen LogP contribution in [0.25, 0.3) is 10.2 Å². The molecule has 0 aliphatic carbocycles. The zero-order chi connectivity index (χ0) is 17.4. The molecule has 0 atom stereocenters. The molecular formula is C16H16Cl2N4OS. The standard InChI is InChI=1S/C16H16Cl2N4OS/c1-9-10-7-14(15(23)20-21(2)3)24-16(10)22(19-9)8-11-12(17)5-4-6-13(11)18/h4-7H,8H2,1-3H3,(H,20,23). The Balaban J connectivity index is 2.00. The molecule has 0 aliphatic rings. The van der Waals surface area contributed by atoms with Crippen molar-refractivity contribution in [2.75, 3.05) is 14.1 Å². The lowest BCUT2D eigenvalue weighted by atomic mass is 10.2. The Bertz CT molecular complexity index is 896. The molecule has 1 amide bonds. The maximum atomic E-state index is 12.2. The summed E-state index contributed by atoms with van der Waals surface area (Å²) in [4.78, 5) is 13.8. The number of nitrogens with zero attached hydrogens (tertiary/aromatic N) is 3. The molecule has 0 radical (unpaired) electrons. The van der Waals surface area contributed by atoms with Crippen LogP contribution in [0.1, 0.15) is 20.9 Å². The molecule has 126 valence electrons. The highest BCUT2D eigenvalue weighted by Crippen LogP contribution is 2.31. The van der Waals surface area contributed by atoms with Crippen LogP contribution in [0.15, 0.2) is 24.3 Å². The summed E-state index contributed by atoms with van der Waals surface area (Å²) in [5.74, 6) is -0.136. The van der Waals surface area contributed by atoms with Crippen LogP contribution in [-0.2, 0) is 6.54 Å². The lowest BCUT2D eigenvalue weighted by molar-refractivity contribution is 0.0861. The summed E-state index contributed by atoms with van der Waals surface area (Å²) >= 11 is 13.9. The number of amides is 1. The van der Waals surface area contributed by atoms with Crippen molar-refractivity contribution in [2.45, 2.75) is 13.5 Å². The number of carbonyl (C=O) groups is 1. The number of rotatable bonds is 4. The van der Waals surface area contributed by atoms with Gasteiger partial charge in [-0.05, 0) is 25.1 Å². The van der Waals surface area contributed by atoms with E-state index in [1.165, 1.54) is 11.3 Å². The SMILES string of the molecule is Cc1nn(Cc2c(Cl)cccc2Cl)c2sc(C(=O)NN(C)C)cc12. The lowest BCUT2D eigenvalue weighted by Crippen LogP contribution is -2.35. The Hall–Kier alpha value is -1.60. The highest BCUT2D eigenvalue weighted by Gasteiger charge is 2.18. The van der Waals surface area contributed by atoms with Crippen molar-refractivity contribution < 1.29 is 4.79 Å². The minimum Gasteiger partial charge on any atom is -0.285 e. The van der Waals surface area contributed by atoms with Crippen molar-refractivity contribution in [3.8, 4) is 0 Å². The molecule has 0 saturated heterocycles. The van der Waals surface area contributed by atoms with Gasteiger partial charge in [0, 0.05) is 35.1 Å². The van der Waals surface area contributed by atoms with E-state index in [4.69, 9.17) is 23.2 Å². The number of aryl methyl sites for hydroxylation is 1. The second-order valence-electron chi connectivity index (χ2n) is 5.61. The zero-order valence-electron chi connectivity index (χ0n) is 13.4. The molecule has 2 heterocycles. The van der Waals surface area contributed by atoms with E-state index in [9.17, 15) is 4.79 Å². The Morgan fingerprint density at radius 3 is 2.62 bits per heavy atom. The molecule has 3 rings (SSSR count). The summed E-state index contributed by atoms with van der Waals surface area (Å²) in [6, 6.07) is 7.29. The average Bonchev–Trinajstić information content (AvgIpc) is 3.04. The van der Waals surface area contributed by atoms with Gasteiger partial charge in [0.05, 0.1) is 17.1 Å². The molecule has 2 aromatic heterocycles. The minimum absolute atomic E-state index is 0.136. The molecule has 5 nitrogen and oxygen atoms in total. The van der Waals surface area contributed by atoms with Gasteiger partial charge in [-0.3, -0.25) is 10.2 Å². The first-order valence-electron chi connectivity index (χ1n) is 7.25. The predicted molar refractivity (Wildman–Crippen MR) is 99.1 cm³/mol. The van der Waals surface area contributed by atoms with Gasteiger partial charge >= 0.3 is 0 Å². The quantitative estimate of drug-likeness (QED) is 0.694. The van der Waals surface area contributed by atoms with Gasteiger partial charge in [0.15, 0.2) is 0 Å². The molecule has 0 unspecified atom stereocenters. The van der Waals surface area contributed by atoms with E-state index in [1.807, 2.05) is 23.7 Å². The molecular weight excluding hydrogens is 367 g/mol. The molecule has 0 bridgehead atoms. The molecule has 1 aromatic carbocycles. The number of hydrazine groups is 1. The lowest BCUT2D eigenvalue weighted by Gasteiger charge is -2.10. The number of aromatic nitrogens is 2. The Kier molecular flexibility index (Phi) is 4.83. The van der Waals surface area contributed by atoms with E-state index in [-0.39, 0.29) is 5.91 Å². The smallest absolute Gasteiger partial charge is 0.275 e. The Morgan fingerprint density at radius 2 is 2.00 bits per heavy atom. The third-order valence-electron chi connectivity index (χ3n) is 3.53. The molecule has 8 heteroatoms. The maximum absolute atomic E-state index is 12.2. The summed E-state index contributed by atoms with van der Waals surface area (Å²) in [6.07, 6.45) is 0. The highest BCUT2D eigenvalue weighted by molar-refractivity contribution is 7.20. The van der Waals surface area contributed by atoms with Crippen molar-refractivity contribution in [1.82, 2.24) is 20.2 Å². The van der Waals surface area contributed by atoms with Crippen LogP contribution in [0.3, 0.4) is 0 Å². The van der Waals surface area contributed by atoms with E-state index >= 15 is 0 Å². The van der Waals surface area contributed by atoms with Gasteiger partial charge in [-0.1, -0.05) is 29.3 Å². The van der Waals surface area contributed by atoms with Gasteiger partial charge in [0.2, 0.25) is 0 Å². The van der Waals surface area contributed by atoms with Crippen LogP contribution in [0.5, 0.6) is 0 Å². The van der Waals surface area contributed by atoms with E-state index < -0.39 is 0 Å². The second-order valence-corrected chi connectivity index (χ2v) is 7.45. The van der Waals surface area contributed by atoms with E-state index in [0.29, 0.717) is 21.5 Å². The van der Waals surface area contributed by atoms with E-state index in [0.717, 1.165) is 21.5 Å². The fourth-order valence-electron chi connectivity index (χ4n) is 2.42. The summed E-state index contributed by atoms with van der Waals surface area (Å²) in [5.41, 5.74) is 4.44. The molecule has 1 N–H and O–H groups in total. The minimum atomic E-state index is -0.136. The largest absolute Gasteiger partial charge is 0.285 e. The van der Waals surface area contributed by atoms with Crippen molar-refractivity contribution in [3.63, 3.8) is 0 Å². The normalized spacial score (nSPS) is 11.4. The predicted octanol–water partition coefficient (Wildman–Crippen LogP) is 3.97. The summed E-state index contributed by atoms with van der Waals surface area (Å²) in [5, 5.41) is 8.35. The summed E-state index contributed by atoms with van der Waals surface area (Å²) in [6.45, 7) is 2.38. The van der Waals surface area contributed by atoms with Gasteiger partial charge in [-0.2, -0.15) is 5.10 Å².